The number of carboxylic acid groups (broad SMARTS) is 1. The number of alkyl halides is 3. The van der Waals surface area contributed by atoms with Crippen molar-refractivity contribution >= 4 is 34.9 Å². The average molecular weight is 432 g/mol. The molecule has 0 spiro atoms. The second-order valence-electron chi connectivity index (χ2n) is 6.32. The highest BCUT2D eigenvalue weighted by molar-refractivity contribution is 6.34. The van der Waals surface area contributed by atoms with Gasteiger partial charge in [-0.1, -0.05) is 47.4 Å². The first-order valence-electron chi connectivity index (χ1n) is 8.22. The summed E-state index contributed by atoms with van der Waals surface area (Å²) in [6.45, 7) is 1.75. The third-order valence-electron chi connectivity index (χ3n) is 4.57. The van der Waals surface area contributed by atoms with Crippen LogP contribution in [0.3, 0.4) is 0 Å². The molecular weight excluding hydrogens is 418 g/mol. The van der Waals surface area contributed by atoms with Crippen LogP contribution in [-0.2, 0) is 16.9 Å². The highest BCUT2D eigenvalue weighted by Gasteiger charge is 2.51. The van der Waals surface area contributed by atoms with Crippen molar-refractivity contribution in [2.24, 2.45) is 5.16 Å². The molecule has 2 aromatic carbocycles. The molecule has 1 N–H and O–H groups in total. The topological polar surface area (TPSA) is 58.9 Å². The predicted molar refractivity (Wildman–Crippen MR) is 99.2 cm³/mol. The molecule has 0 radical (unpaired) electrons. The molecule has 0 saturated heterocycles. The number of rotatable bonds is 4. The zero-order valence-corrected chi connectivity index (χ0v) is 16.0. The fraction of sp³-hybridized carbons (Fsp3) is 0.263. The number of hydrogen-bond acceptors (Lipinski definition) is 3. The SMILES string of the molecule is CCc1cc(C2(c3cc(Cl)cc(Cl)c3)CC(C(F)(F)F)=NO2)ccc1C(=O)O. The Bertz CT molecular complexity index is 955. The second-order valence-corrected chi connectivity index (χ2v) is 7.19. The van der Waals surface area contributed by atoms with Crippen LogP contribution in [0, 0.1) is 0 Å². The van der Waals surface area contributed by atoms with Gasteiger partial charge in [0.05, 0.1) is 5.56 Å². The predicted octanol–water partition coefficient (Wildman–Crippen LogP) is 5.84. The molecule has 2 aromatic rings. The maximum atomic E-state index is 13.3. The van der Waals surface area contributed by atoms with Crippen molar-refractivity contribution in [3.8, 4) is 0 Å². The molecule has 9 heteroatoms. The fourth-order valence-corrected chi connectivity index (χ4v) is 3.72. The summed E-state index contributed by atoms with van der Waals surface area (Å²) < 4.78 is 39.8. The van der Waals surface area contributed by atoms with E-state index in [0.29, 0.717) is 17.5 Å². The Morgan fingerprint density at radius 2 is 1.82 bits per heavy atom. The highest BCUT2D eigenvalue weighted by atomic mass is 35.5. The van der Waals surface area contributed by atoms with E-state index < -0.39 is 29.9 Å². The van der Waals surface area contributed by atoms with Crippen LogP contribution in [0.2, 0.25) is 10.0 Å². The lowest BCUT2D eigenvalue weighted by molar-refractivity contribution is -0.0604. The van der Waals surface area contributed by atoms with Gasteiger partial charge < -0.3 is 9.94 Å². The number of halogens is 5. The molecule has 0 amide bonds. The summed E-state index contributed by atoms with van der Waals surface area (Å²) >= 11 is 12.1. The van der Waals surface area contributed by atoms with E-state index >= 15 is 0 Å². The summed E-state index contributed by atoms with van der Waals surface area (Å²) in [4.78, 5) is 16.8. The monoisotopic (exact) mass is 431 g/mol. The van der Waals surface area contributed by atoms with Gasteiger partial charge in [0.25, 0.3) is 0 Å². The molecule has 28 heavy (non-hydrogen) atoms. The molecule has 0 bridgehead atoms. The summed E-state index contributed by atoms with van der Waals surface area (Å²) in [6.07, 6.45) is -4.89. The van der Waals surface area contributed by atoms with Crippen LogP contribution in [0.1, 0.15) is 40.4 Å². The Morgan fingerprint density at radius 1 is 1.18 bits per heavy atom. The number of aryl methyl sites for hydroxylation is 1. The third-order valence-corrected chi connectivity index (χ3v) is 5.00. The van der Waals surface area contributed by atoms with Gasteiger partial charge in [-0.25, -0.2) is 4.79 Å². The maximum absolute atomic E-state index is 13.3. The normalized spacial score (nSPS) is 19.3. The molecule has 3 rings (SSSR count). The van der Waals surface area contributed by atoms with E-state index in [0.717, 1.165) is 0 Å². The summed E-state index contributed by atoms with van der Waals surface area (Å²) in [7, 11) is 0. The molecule has 0 fully saturated rings. The second kappa shape index (κ2) is 7.29. The lowest BCUT2D eigenvalue weighted by Gasteiger charge is -2.29. The smallest absolute Gasteiger partial charge is 0.432 e. The first-order valence-corrected chi connectivity index (χ1v) is 8.98. The molecule has 1 atom stereocenters. The summed E-state index contributed by atoms with van der Waals surface area (Å²) in [5.74, 6) is -1.12. The van der Waals surface area contributed by atoms with Crippen LogP contribution in [0.15, 0.2) is 41.6 Å². The standard InChI is InChI=1S/C19H14Cl2F3NO3/c1-2-10-5-11(3-4-15(10)17(26)27)18(9-16(25-28-18)19(22,23)24)12-6-13(20)8-14(21)7-12/h3-8H,2,9H2,1H3,(H,26,27). The Balaban J connectivity index is 2.20. The van der Waals surface area contributed by atoms with E-state index in [2.05, 4.69) is 5.16 Å². The molecule has 1 aliphatic heterocycles. The van der Waals surface area contributed by atoms with Crippen LogP contribution in [-0.4, -0.2) is 23.0 Å². The summed E-state index contributed by atoms with van der Waals surface area (Å²) in [5.41, 5.74) is -1.56. The first-order chi connectivity index (χ1) is 13.1. The van der Waals surface area contributed by atoms with Gasteiger partial charge in [0.15, 0.2) is 11.3 Å². The molecule has 148 valence electrons. The van der Waals surface area contributed by atoms with Gasteiger partial charge in [-0.15, -0.1) is 0 Å². The van der Waals surface area contributed by atoms with E-state index in [1.807, 2.05) is 0 Å². The average Bonchev–Trinajstić information content (AvgIpc) is 3.07. The van der Waals surface area contributed by atoms with E-state index in [4.69, 9.17) is 28.0 Å². The van der Waals surface area contributed by atoms with Gasteiger partial charge >= 0.3 is 12.1 Å². The number of nitrogens with zero attached hydrogens (tertiary/aromatic N) is 1. The third kappa shape index (κ3) is 3.69. The number of benzene rings is 2. The molecule has 1 unspecified atom stereocenters. The highest BCUT2D eigenvalue weighted by Crippen LogP contribution is 2.45. The zero-order valence-electron chi connectivity index (χ0n) is 14.5. The van der Waals surface area contributed by atoms with Crippen LogP contribution >= 0.6 is 23.2 Å². The van der Waals surface area contributed by atoms with Crippen molar-refractivity contribution in [2.75, 3.05) is 0 Å². The lowest BCUT2D eigenvalue weighted by Crippen LogP contribution is -2.32. The molecule has 0 aliphatic carbocycles. The molecule has 0 saturated carbocycles. The van der Waals surface area contributed by atoms with E-state index in [-0.39, 0.29) is 21.2 Å². The van der Waals surface area contributed by atoms with Gasteiger partial charge in [0.2, 0.25) is 0 Å². The minimum absolute atomic E-state index is 0.0699. The largest absolute Gasteiger partial charge is 0.478 e. The van der Waals surface area contributed by atoms with Crippen molar-refractivity contribution in [2.45, 2.75) is 31.5 Å². The minimum atomic E-state index is -4.67. The molecular formula is C19H14Cl2F3NO3. The fourth-order valence-electron chi connectivity index (χ4n) is 3.19. The maximum Gasteiger partial charge on any atom is 0.432 e. The van der Waals surface area contributed by atoms with Gasteiger partial charge in [-0.3, -0.25) is 0 Å². The minimum Gasteiger partial charge on any atom is -0.478 e. The molecule has 1 heterocycles. The number of carboxylic acids is 1. The Labute approximate surface area is 168 Å². The summed E-state index contributed by atoms with van der Waals surface area (Å²) in [5, 5.41) is 13.0. The molecule has 4 nitrogen and oxygen atoms in total. The number of hydrogen-bond donors (Lipinski definition) is 1. The lowest BCUT2D eigenvalue weighted by atomic mass is 9.81. The van der Waals surface area contributed by atoms with E-state index in [1.54, 1.807) is 6.92 Å². The Morgan fingerprint density at radius 3 is 2.32 bits per heavy atom. The van der Waals surface area contributed by atoms with Crippen molar-refractivity contribution in [3.05, 3.63) is 68.7 Å². The number of oxime groups is 1. The zero-order chi connectivity index (χ0) is 20.7. The van der Waals surface area contributed by atoms with E-state index in [9.17, 15) is 23.1 Å². The van der Waals surface area contributed by atoms with Crippen molar-refractivity contribution in [3.63, 3.8) is 0 Å². The van der Waals surface area contributed by atoms with Gasteiger partial charge in [0, 0.05) is 27.6 Å². The van der Waals surface area contributed by atoms with Crippen molar-refractivity contribution in [1.29, 1.82) is 0 Å². The van der Waals surface area contributed by atoms with Crippen LogP contribution in [0.5, 0.6) is 0 Å². The number of aromatic carboxylic acids is 1. The molecule has 0 aromatic heterocycles. The van der Waals surface area contributed by atoms with Crippen molar-refractivity contribution in [1.82, 2.24) is 0 Å². The Kier molecular flexibility index (Phi) is 5.34. The summed E-state index contributed by atoms with van der Waals surface area (Å²) in [6, 6.07) is 8.66. The molecule has 1 aliphatic rings. The first kappa shape index (κ1) is 20.5. The van der Waals surface area contributed by atoms with Crippen LogP contribution in [0.25, 0.3) is 0 Å². The van der Waals surface area contributed by atoms with Gasteiger partial charge in [0.1, 0.15) is 0 Å². The quantitative estimate of drug-likeness (QED) is 0.661. The van der Waals surface area contributed by atoms with Gasteiger partial charge in [-0.05, 0) is 36.2 Å². The van der Waals surface area contributed by atoms with E-state index in [1.165, 1.54) is 36.4 Å². The van der Waals surface area contributed by atoms with Crippen molar-refractivity contribution < 1.29 is 27.9 Å². The van der Waals surface area contributed by atoms with Crippen LogP contribution < -0.4 is 0 Å². The number of carbonyl (C=O) groups is 1. The Hall–Kier alpha value is -2.25. The van der Waals surface area contributed by atoms with Crippen LogP contribution in [0.4, 0.5) is 13.2 Å². The van der Waals surface area contributed by atoms with Gasteiger partial charge in [-0.2, -0.15) is 13.2 Å².